The van der Waals surface area contributed by atoms with Crippen LogP contribution in [0.1, 0.15) is 27.8 Å². The first kappa shape index (κ1) is 19.4. The molecule has 6 nitrogen and oxygen atoms in total. The maximum Gasteiger partial charge on any atom is 0.270 e. The Hall–Kier alpha value is -3.59. The van der Waals surface area contributed by atoms with Gasteiger partial charge in [0.05, 0.1) is 30.2 Å². The Morgan fingerprint density at radius 1 is 1.03 bits per heavy atom. The van der Waals surface area contributed by atoms with Crippen LogP contribution in [-0.4, -0.2) is 34.4 Å². The second-order valence-corrected chi connectivity index (χ2v) is 7.52. The van der Waals surface area contributed by atoms with E-state index in [1.165, 1.54) is 23.1 Å². The highest BCUT2D eigenvalue weighted by atomic mass is 19.1. The van der Waals surface area contributed by atoms with Crippen LogP contribution in [0.15, 0.2) is 41.2 Å². The zero-order chi connectivity index (χ0) is 21.9. The van der Waals surface area contributed by atoms with E-state index in [9.17, 15) is 22.8 Å². The van der Waals surface area contributed by atoms with Crippen molar-refractivity contribution >= 4 is 27.6 Å². The third kappa shape index (κ3) is 3.09. The summed E-state index contributed by atoms with van der Waals surface area (Å²) in [5, 5.41) is 0.802. The van der Waals surface area contributed by atoms with E-state index in [2.05, 4.69) is 9.97 Å². The molecule has 0 saturated heterocycles. The molecule has 1 atom stereocenters. The Labute approximate surface area is 173 Å². The summed E-state index contributed by atoms with van der Waals surface area (Å²) in [4.78, 5) is 32.4. The van der Waals surface area contributed by atoms with Gasteiger partial charge in [0.1, 0.15) is 23.1 Å². The zero-order valence-electron chi connectivity index (χ0n) is 16.3. The number of nitrogens with zero attached hydrogens (tertiary/aromatic N) is 1. The molecule has 0 bridgehead atoms. The Morgan fingerprint density at radius 2 is 1.84 bits per heavy atom. The number of pyridine rings is 1. The number of likely N-dealkylation sites (N-methyl/N-ethyl adjacent to an activating group) is 1. The molecule has 3 heterocycles. The number of carbonyl (C=O) groups is 1. The van der Waals surface area contributed by atoms with Crippen molar-refractivity contribution in [1.29, 1.82) is 0 Å². The van der Waals surface area contributed by atoms with E-state index in [0.717, 1.165) is 18.2 Å². The topological polar surface area (TPSA) is 78.2 Å². The summed E-state index contributed by atoms with van der Waals surface area (Å²) >= 11 is 0. The summed E-state index contributed by atoms with van der Waals surface area (Å²) in [6, 6.07) is 6.52. The molecule has 9 heteroatoms. The monoisotopic (exact) mass is 427 g/mol. The summed E-state index contributed by atoms with van der Waals surface area (Å²) in [5.74, 6) is -2.54. The largest absolute Gasteiger partial charge is 0.373 e. The molecular weight excluding hydrogens is 411 g/mol. The van der Waals surface area contributed by atoms with Gasteiger partial charge in [-0.2, -0.15) is 0 Å². The van der Waals surface area contributed by atoms with Crippen molar-refractivity contribution in [3.05, 3.63) is 81.2 Å². The van der Waals surface area contributed by atoms with Gasteiger partial charge in [-0.05, 0) is 29.7 Å². The molecule has 158 valence electrons. The molecule has 0 aliphatic carbocycles. The van der Waals surface area contributed by atoms with Crippen molar-refractivity contribution in [1.82, 2.24) is 14.9 Å². The third-order valence-electron chi connectivity index (χ3n) is 5.63. The smallest absolute Gasteiger partial charge is 0.270 e. The molecule has 1 amide bonds. The van der Waals surface area contributed by atoms with Crippen LogP contribution in [0.4, 0.5) is 13.2 Å². The van der Waals surface area contributed by atoms with Crippen molar-refractivity contribution in [3.63, 3.8) is 0 Å². The van der Waals surface area contributed by atoms with Crippen LogP contribution < -0.4 is 5.56 Å². The number of halogens is 3. The number of carbonyl (C=O) groups excluding carboxylic acids is 1. The lowest BCUT2D eigenvalue weighted by atomic mass is 9.95. The fraction of sp³-hybridized carbons (Fsp3) is 0.182. The van der Waals surface area contributed by atoms with Gasteiger partial charge in [-0.15, -0.1) is 0 Å². The molecule has 4 aromatic rings. The van der Waals surface area contributed by atoms with E-state index >= 15 is 0 Å². The van der Waals surface area contributed by atoms with Crippen molar-refractivity contribution in [2.75, 3.05) is 13.7 Å². The first-order chi connectivity index (χ1) is 14.8. The van der Waals surface area contributed by atoms with Crippen LogP contribution in [0.25, 0.3) is 21.7 Å². The minimum atomic E-state index is -0.773. The molecule has 2 N–H and O–H groups in total. The highest BCUT2D eigenvalue weighted by molar-refractivity contribution is 5.98. The third-order valence-corrected chi connectivity index (χ3v) is 5.63. The Morgan fingerprint density at radius 3 is 2.65 bits per heavy atom. The summed E-state index contributed by atoms with van der Waals surface area (Å²) in [7, 11) is 1.55. The number of hydrogen-bond donors (Lipinski definition) is 2. The minimum absolute atomic E-state index is 0.0777. The van der Waals surface area contributed by atoms with Crippen LogP contribution in [0.3, 0.4) is 0 Å². The first-order valence-electron chi connectivity index (χ1n) is 9.50. The second-order valence-electron chi connectivity index (χ2n) is 7.52. The number of amides is 1. The van der Waals surface area contributed by atoms with E-state index in [0.29, 0.717) is 16.6 Å². The highest BCUT2D eigenvalue weighted by Gasteiger charge is 2.31. The van der Waals surface area contributed by atoms with Crippen LogP contribution in [0.2, 0.25) is 0 Å². The van der Waals surface area contributed by atoms with Gasteiger partial charge in [0.25, 0.3) is 11.5 Å². The van der Waals surface area contributed by atoms with Gasteiger partial charge in [-0.25, -0.2) is 13.2 Å². The number of benzene rings is 2. The van der Waals surface area contributed by atoms with Crippen LogP contribution >= 0.6 is 0 Å². The summed E-state index contributed by atoms with van der Waals surface area (Å²) in [5.41, 5.74) is 0.961. The summed E-state index contributed by atoms with van der Waals surface area (Å²) in [6.45, 7) is 0.296. The lowest BCUT2D eigenvalue weighted by Crippen LogP contribution is -2.37. The maximum absolute atomic E-state index is 14.1. The maximum atomic E-state index is 14.1. The Kier molecular flexibility index (Phi) is 4.37. The van der Waals surface area contributed by atoms with Gasteiger partial charge in [-0.3, -0.25) is 9.59 Å². The number of rotatable bonds is 2. The average Bonchev–Trinajstić information content (AvgIpc) is 3.17. The number of fused-ring (bicyclic) bond motifs is 4. The van der Waals surface area contributed by atoms with E-state index in [1.54, 1.807) is 7.05 Å². The number of H-pyrrole nitrogens is 2. The fourth-order valence-corrected chi connectivity index (χ4v) is 4.14. The number of hydrogen-bond acceptors (Lipinski definition) is 3. The number of aromatic nitrogens is 2. The standard InChI is InChI=1S/C22H16F3N3O3/c1-28(22(30)17-7-14-15(25)5-11(24)6-16(14)26-17)19-9-31-8-18-20(19)12-3-2-10(23)4-13(12)21(29)27-18/h2-7,19,26H,8-9H2,1H3,(H,27,29)/t19-/m1/s1. The molecule has 0 radical (unpaired) electrons. The zero-order valence-corrected chi connectivity index (χ0v) is 16.3. The number of aromatic amines is 2. The van der Waals surface area contributed by atoms with Gasteiger partial charge in [0.15, 0.2) is 0 Å². The van der Waals surface area contributed by atoms with Crippen LogP contribution in [-0.2, 0) is 11.3 Å². The van der Waals surface area contributed by atoms with E-state index in [1.807, 2.05) is 0 Å². The highest BCUT2D eigenvalue weighted by Crippen LogP contribution is 2.34. The first-order valence-corrected chi connectivity index (χ1v) is 9.50. The van der Waals surface area contributed by atoms with Crippen molar-refractivity contribution in [2.45, 2.75) is 12.6 Å². The molecular formula is C22H16F3N3O3. The summed E-state index contributed by atoms with van der Waals surface area (Å²) in [6.07, 6.45) is 0. The molecule has 31 heavy (non-hydrogen) atoms. The lowest BCUT2D eigenvalue weighted by Gasteiger charge is -2.33. The van der Waals surface area contributed by atoms with Gasteiger partial charge in [0, 0.05) is 29.8 Å². The Bertz CT molecular complexity index is 1430. The molecule has 5 rings (SSSR count). The predicted molar refractivity (Wildman–Crippen MR) is 107 cm³/mol. The minimum Gasteiger partial charge on any atom is -0.373 e. The van der Waals surface area contributed by atoms with E-state index in [-0.39, 0.29) is 35.2 Å². The molecule has 0 spiro atoms. The van der Waals surface area contributed by atoms with Crippen LogP contribution in [0.5, 0.6) is 0 Å². The fourth-order valence-electron chi connectivity index (χ4n) is 4.14. The molecule has 0 fully saturated rings. The number of ether oxygens (including phenoxy) is 1. The van der Waals surface area contributed by atoms with E-state index < -0.39 is 35.0 Å². The van der Waals surface area contributed by atoms with Gasteiger partial charge in [0.2, 0.25) is 0 Å². The van der Waals surface area contributed by atoms with Crippen molar-refractivity contribution < 1.29 is 22.7 Å². The lowest BCUT2D eigenvalue weighted by molar-refractivity contribution is 0.0333. The van der Waals surface area contributed by atoms with Crippen LogP contribution in [0, 0.1) is 17.5 Å². The SMILES string of the molecule is CN(C(=O)c1cc2c(F)cc(F)cc2[nH]1)[C@@H]1COCc2[nH]c(=O)c3cc(F)ccc3c21. The molecule has 2 aromatic carbocycles. The summed E-state index contributed by atoms with van der Waals surface area (Å²) < 4.78 is 46.8. The molecule has 1 aliphatic heterocycles. The second kappa shape index (κ2) is 6.98. The van der Waals surface area contributed by atoms with Gasteiger partial charge < -0.3 is 19.6 Å². The average molecular weight is 427 g/mol. The predicted octanol–water partition coefficient (Wildman–Crippen LogP) is 3.77. The normalized spacial score (nSPS) is 15.9. The number of nitrogens with one attached hydrogen (secondary N) is 2. The Balaban J connectivity index is 1.60. The molecule has 2 aromatic heterocycles. The van der Waals surface area contributed by atoms with Crippen molar-refractivity contribution in [2.24, 2.45) is 0 Å². The van der Waals surface area contributed by atoms with Crippen molar-refractivity contribution in [3.8, 4) is 0 Å². The molecule has 0 unspecified atom stereocenters. The molecule has 1 aliphatic rings. The van der Waals surface area contributed by atoms with E-state index in [4.69, 9.17) is 4.74 Å². The quantitative estimate of drug-likeness (QED) is 0.511. The molecule has 0 saturated carbocycles. The van der Waals surface area contributed by atoms with Gasteiger partial charge in [-0.1, -0.05) is 6.07 Å². The van der Waals surface area contributed by atoms with Gasteiger partial charge >= 0.3 is 0 Å².